The Hall–Kier alpha value is -2.92. The van der Waals surface area contributed by atoms with E-state index >= 15 is 0 Å². The molecule has 1 heterocycles. The van der Waals surface area contributed by atoms with Crippen LogP contribution in [0.25, 0.3) is 10.9 Å². The molecule has 0 radical (unpaired) electrons. The summed E-state index contributed by atoms with van der Waals surface area (Å²) in [5, 5.41) is 6.15. The summed E-state index contributed by atoms with van der Waals surface area (Å²) >= 11 is 5.84. The van der Waals surface area contributed by atoms with Crippen molar-refractivity contribution < 1.29 is 9.59 Å². The monoisotopic (exact) mass is 325 g/mol. The molecule has 3 rings (SSSR count). The van der Waals surface area contributed by atoms with Gasteiger partial charge in [0.1, 0.15) is 0 Å². The van der Waals surface area contributed by atoms with Gasteiger partial charge in [0, 0.05) is 27.9 Å². The van der Waals surface area contributed by atoms with Crippen LogP contribution in [0.1, 0.15) is 10.4 Å². The normalized spacial score (nSPS) is 10.3. The van der Waals surface area contributed by atoms with Gasteiger partial charge in [-0.25, -0.2) is 4.79 Å². The summed E-state index contributed by atoms with van der Waals surface area (Å²) in [4.78, 5) is 28.2. The number of anilines is 1. The molecule has 5 nitrogen and oxygen atoms in total. The first kappa shape index (κ1) is 15.0. The smallest absolute Gasteiger partial charge is 0.308 e. The van der Waals surface area contributed by atoms with Crippen LogP contribution in [-0.4, -0.2) is 16.9 Å². The number of carbonyl (C=O) groups is 2. The molecule has 2 aromatic carbocycles. The zero-order valence-corrected chi connectivity index (χ0v) is 12.7. The van der Waals surface area contributed by atoms with Crippen LogP contribution in [0.5, 0.6) is 0 Å². The van der Waals surface area contributed by atoms with Crippen molar-refractivity contribution >= 4 is 40.1 Å². The molecule has 3 amide bonds. The summed E-state index contributed by atoms with van der Waals surface area (Å²) in [6, 6.07) is 14.7. The molecule has 0 aliphatic rings. The minimum absolute atomic E-state index is 0.381. The van der Waals surface area contributed by atoms with Crippen molar-refractivity contribution in [3.05, 3.63) is 71.4 Å². The Bertz CT molecular complexity index is 896. The quantitative estimate of drug-likeness (QED) is 0.751. The number of fused-ring (bicyclic) bond motifs is 1. The Morgan fingerprint density at radius 3 is 2.70 bits per heavy atom. The first-order valence-electron chi connectivity index (χ1n) is 6.84. The molecular formula is C17H12ClN3O2. The molecule has 6 heteroatoms. The van der Waals surface area contributed by atoms with Crippen LogP contribution in [0.15, 0.2) is 60.8 Å². The molecule has 0 saturated heterocycles. The first-order valence-corrected chi connectivity index (χ1v) is 7.22. The second kappa shape index (κ2) is 6.46. The number of imide groups is 1. The van der Waals surface area contributed by atoms with Crippen LogP contribution in [0, 0.1) is 0 Å². The highest BCUT2D eigenvalue weighted by molar-refractivity contribution is 6.30. The van der Waals surface area contributed by atoms with Crippen LogP contribution >= 0.6 is 11.6 Å². The third kappa shape index (κ3) is 3.64. The molecule has 1 aromatic heterocycles. The number of amides is 3. The van der Waals surface area contributed by atoms with Gasteiger partial charge in [0.2, 0.25) is 0 Å². The molecule has 0 spiro atoms. The van der Waals surface area contributed by atoms with E-state index in [1.54, 1.807) is 54.7 Å². The van der Waals surface area contributed by atoms with Gasteiger partial charge in [-0.05, 0) is 42.5 Å². The van der Waals surface area contributed by atoms with Gasteiger partial charge < -0.3 is 5.32 Å². The zero-order valence-electron chi connectivity index (χ0n) is 11.9. The van der Waals surface area contributed by atoms with Crippen LogP contribution < -0.4 is 10.6 Å². The third-order valence-electron chi connectivity index (χ3n) is 3.17. The minimum atomic E-state index is -0.622. The number of halogens is 1. The maximum Gasteiger partial charge on any atom is 0.326 e. The summed E-state index contributed by atoms with van der Waals surface area (Å²) in [5.74, 6) is -0.490. The van der Waals surface area contributed by atoms with Crippen LogP contribution in [0.4, 0.5) is 10.5 Å². The van der Waals surface area contributed by atoms with E-state index in [2.05, 4.69) is 15.6 Å². The Balaban J connectivity index is 1.71. The molecule has 2 N–H and O–H groups in total. The average molecular weight is 326 g/mol. The lowest BCUT2D eigenvalue weighted by Crippen LogP contribution is -2.34. The Labute approximate surface area is 137 Å². The molecule has 0 bridgehead atoms. The standard InChI is InChI=1S/C17H12ClN3O2/c18-13-4-1-5-14(10-13)20-17(23)21-16(22)12-6-7-15-11(9-12)3-2-8-19-15/h1-10H,(H2,20,21,22,23). The van der Waals surface area contributed by atoms with E-state index in [1.807, 2.05) is 6.07 Å². The van der Waals surface area contributed by atoms with Crippen LogP contribution in [-0.2, 0) is 0 Å². The second-order valence-corrected chi connectivity index (χ2v) is 5.27. The van der Waals surface area contributed by atoms with E-state index in [0.717, 1.165) is 10.9 Å². The van der Waals surface area contributed by atoms with E-state index in [4.69, 9.17) is 11.6 Å². The van der Waals surface area contributed by atoms with Gasteiger partial charge in [-0.1, -0.05) is 23.7 Å². The molecule has 114 valence electrons. The van der Waals surface area contributed by atoms with Gasteiger partial charge in [0.25, 0.3) is 5.91 Å². The molecule has 0 fully saturated rings. The minimum Gasteiger partial charge on any atom is -0.308 e. The van der Waals surface area contributed by atoms with Crippen LogP contribution in [0.3, 0.4) is 0 Å². The van der Waals surface area contributed by atoms with Gasteiger partial charge in [-0.2, -0.15) is 0 Å². The highest BCUT2D eigenvalue weighted by Crippen LogP contribution is 2.15. The fourth-order valence-corrected chi connectivity index (χ4v) is 2.31. The van der Waals surface area contributed by atoms with Crippen molar-refractivity contribution in [2.75, 3.05) is 5.32 Å². The van der Waals surface area contributed by atoms with Gasteiger partial charge in [0.15, 0.2) is 0 Å². The summed E-state index contributed by atoms with van der Waals surface area (Å²) < 4.78 is 0. The van der Waals surface area contributed by atoms with Crippen molar-refractivity contribution in [1.29, 1.82) is 0 Å². The zero-order chi connectivity index (χ0) is 16.2. The molecule has 0 unspecified atom stereocenters. The number of carbonyl (C=O) groups excluding carboxylic acids is 2. The van der Waals surface area contributed by atoms with E-state index in [0.29, 0.717) is 16.3 Å². The highest BCUT2D eigenvalue weighted by Gasteiger charge is 2.11. The fraction of sp³-hybridized carbons (Fsp3) is 0. The van der Waals surface area contributed by atoms with Gasteiger partial charge in [-0.15, -0.1) is 0 Å². The number of nitrogens with zero attached hydrogens (tertiary/aromatic N) is 1. The van der Waals surface area contributed by atoms with Gasteiger partial charge >= 0.3 is 6.03 Å². The lowest BCUT2D eigenvalue weighted by atomic mass is 10.1. The third-order valence-corrected chi connectivity index (χ3v) is 3.41. The van der Waals surface area contributed by atoms with E-state index < -0.39 is 11.9 Å². The van der Waals surface area contributed by atoms with Crippen molar-refractivity contribution in [2.45, 2.75) is 0 Å². The number of urea groups is 1. The van der Waals surface area contributed by atoms with E-state index in [9.17, 15) is 9.59 Å². The lowest BCUT2D eigenvalue weighted by Gasteiger charge is -2.07. The Morgan fingerprint density at radius 2 is 1.87 bits per heavy atom. The maximum absolute atomic E-state index is 12.1. The second-order valence-electron chi connectivity index (χ2n) is 4.83. The number of pyridine rings is 1. The maximum atomic E-state index is 12.1. The summed E-state index contributed by atoms with van der Waals surface area (Å²) in [5.41, 5.74) is 1.67. The molecule has 0 aliphatic carbocycles. The van der Waals surface area contributed by atoms with E-state index in [1.165, 1.54) is 0 Å². The van der Waals surface area contributed by atoms with Crippen molar-refractivity contribution in [3.63, 3.8) is 0 Å². The molecule has 0 atom stereocenters. The summed E-state index contributed by atoms with van der Waals surface area (Å²) in [7, 11) is 0. The molecule has 23 heavy (non-hydrogen) atoms. The number of nitrogens with one attached hydrogen (secondary N) is 2. The number of rotatable bonds is 2. The van der Waals surface area contributed by atoms with Crippen molar-refractivity contribution in [3.8, 4) is 0 Å². The highest BCUT2D eigenvalue weighted by atomic mass is 35.5. The summed E-state index contributed by atoms with van der Waals surface area (Å²) in [6.45, 7) is 0. The number of benzene rings is 2. The van der Waals surface area contributed by atoms with Gasteiger partial charge in [-0.3, -0.25) is 15.1 Å². The Morgan fingerprint density at radius 1 is 1.00 bits per heavy atom. The molecule has 0 saturated carbocycles. The first-order chi connectivity index (χ1) is 11.1. The summed E-state index contributed by atoms with van der Waals surface area (Å²) in [6.07, 6.45) is 1.68. The van der Waals surface area contributed by atoms with E-state index in [-0.39, 0.29) is 0 Å². The van der Waals surface area contributed by atoms with Gasteiger partial charge in [0.05, 0.1) is 5.52 Å². The van der Waals surface area contributed by atoms with Crippen molar-refractivity contribution in [2.24, 2.45) is 0 Å². The van der Waals surface area contributed by atoms with Crippen LogP contribution in [0.2, 0.25) is 5.02 Å². The SMILES string of the molecule is O=C(NC(=O)c1ccc2ncccc2c1)Nc1cccc(Cl)c1. The predicted octanol–water partition coefficient (Wildman–Crippen LogP) is 3.85. The predicted molar refractivity (Wildman–Crippen MR) is 89.7 cm³/mol. The van der Waals surface area contributed by atoms with Crippen molar-refractivity contribution in [1.82, 2.24) is 10.3 Å². The lowest BCUT2D eigenvalue weighted by molar-refractivity contribution is 0.0967. The average Bonchev–Trinajstić information content (AvgIpc) is 2.54. The molecular weight excluding hydrogens is 314 g/mol. The number of hydrogen-bond acceptors (Lipinski definition) is 3. The molecule has 3 aromatic rings. The fourth-order valence-electron chi connectivity index (χ4n) is 2.12. The largest absolute Gasteiger partial charge is 0.326 e. The molecule has 0 aliphatic heterocycles. The Kier molecular flexibility index (Phi) is 4.21. The topological polar surface area (TPSA) is 71.1 Å². The number of aromatic nitrogens is 1. The number of hydrogen-bond donors (Lipinski definition) is 2.